The van der Waals surface area contributed by atoms with Crippen molar-refractivity contribution in [1.29, 1.82) is 0 Å². The number of phenols is 1. The third kappa shape index (κ3) is 4.92. The Morgan fingerprint density at radius 3 is 2.31 bits per heavy atom. The van der Waals surface area contributed by atoms with Crippen molar-refractivity contribution >= 4 is 23.2 Å². The number of nitrogens with zero attached hydrogens (tertiary/aromatic N) is 1. The number of aryl methyl sites for hydroxylation is 3. The van der Waals surface area contributed by atoms with Gasteiger partial charge in [-0.25, -0.2) is 5.43 Å². The molecule has 0 spiro atoms. The van der Waals surface area contributed by atoms with Crippen molar-refractivity contribution in [3.05, 3.63) is 58.7 Å². The molecule has 3 N–H and O–H groups in total. The minimum absolute atomic E-state index is 0.0494. The molecule has 0 radical (unpaired) electrons. The van der Waals surface area contributed by atoms with Crippen LogP contribution in [-0.4, -0.2) is 22.6 Å². The largest absolute Gasteiger partial charge is 0.507 e. The van der Waals surface area contributed by atoms with Gasteiger partial charge in [-0.3, -0.25) is 9.59 Å². The van der Waals surface area contributed by atoms with Crippen LogP contribution in [0.1, 0.15) is 40.4 Å². The molecule has 2 aromatic rings. The van der Waals surface area contributed by atoms with Crippen LogP contribution in [0.2, 0.25) is 0 Å². The molecular weight excluding hydrogens is 330 g/mol. The second-order valence-corrected chi connectivity index (χ2v) is 6.30. The van der Waals surface area contributed by atoms with E-state index in [1.165, 1.54) is 12.1 Å². The zero-order valence-electron chi connectivity index (χ0n) is 15.4. The van der Waals surface area contributed by atoms with Crippen molar-refractivity contribution in [3.8, 4) is 5.75 Å². The molecule has 0 saturated carbocycles. The van der Waals surface area contributed by atoms with Crippen LogP contribution in [0.5, 0.6) is 5.75 Å². The zero-order valence-corrected chi connectivity index (χ0v) is 15.4. The van der Waals surface area contributed by atoms with E-state index in [0.717, 1.165) is 22.4 Å². The molecule has 2 aromatic carbocycles. The zero-order chi connectivity index (χ0) is 19.3. The number of hydrazone groups is 1. The predicted molar refractivity (Wildman–Crippen MR) is 103 cm³/mol. The number of amides is 2. The van der Waals surface area contributed by atoms with Crippen molar-refractivity contribution < 1.29 is 14.7 Å². The SMILES string of the molecule is C/C(CC(=O)Nc1c(C)cc(C)cc1C)=N\NC(=O)c1ccccc1O. The maximum Gasteiger partial charge on any atom is 0.275 e. The van der Waals surface area contributed by atoms with Crippen LogP contribution in [0.15, 0.2) is 41.5 Å². The normalized spacial score (nSPS) is 11.2. The van der Waals surface area contributed by atoms with E-state index in [1.54, 1.807) is 19.1 Å². The fraction of sp³-hybridized carbons (Fsp3) is 0.250. The average Bonchev–Trinajstić information content (AvgIpc) is 2.56. The van der Waals surface area contributed by atoms with Gasteiger partial charge in [-0.1, -0.05) is 29.8 Å². The molecule has 6 nitrogen and oxygen atoms in total. The average molecular weight is 353 g/mol. The molecule has 0 aliphatic carbocycles. The van der Waals surface area contributed by atoms with Crippen molar-refractivity contribution in [2.45, 2.75) is 34.1 Å². The van der Waals surface area contributed by atoms with Crippen molar-refractivity contribution in [3.63, 3.8) is 0 Å². The third-order valence-electron chi connectivity index (χ3n) is 3.85. The molecule has 0 saturated heterocycles. The Morgan fingerprint density at radius 2 is 1.69 bits per heavy atom. The van der Waals surface area contributed by atoms with Crippen LogP contribution in [0.3, 0.4) is 0 Å². The Kier molecular flexibility index (Phi) is 6.11. The number of hydrogen-bond acceptors (Lipinski definition) is 4. The Bertz CT molecular complexity index is 849. The molecule has 0 unspecified atom stereocenters. The lowest BCUT2D eigenvalue weighted by Gasteiger charge is -2.12. The van der Waals surface area contributed by atoms with Gasteiger partial charge < -0.3 is 10.4 Å². The number of rotatable bonds is 5. The standard InChI is InChI=1S/C20H23N3O3/c1-12-9-13(2)19(14(3)10-12)21-18(25)11-15(4)22-23-20(26)16-7-5-6-8-17(16)24/h5-10,24H,11H2,1-4H3,(H,21,25)(H,23,26)/b22-15+. The van der Waals surface area contributed by atoms with Gasteiger partial charge in [-0.2, -0.15) is 5.10 Å². The number of anilines is 1. The van der Waals surface area contributed by atoms with Gasteiger partial charge >= 0.3 is 0 Å². The molecule has 0 heterocycles. The molecular formula is C20H23N3O3. The number of para-hydroxylation sites is 1. The molecule has 0 aliphatic rings. The third-order valence-corrected chi connectivity index (χ3v) is 3.85. The minimum atomic E-state index is -0.534. The molecule has 0 aliphatic heterocycles. The van der Waals surface area contributed by atoms with E-state index in [9.17, 15) is 14.7 Å². The molecule has 136 valence electrons. The number of phenolic OH excluding ortho intramolecular Hbond substituents is 1. The summed E-state index contributed by atoms with van der Waals surface area (Å²) in [4.78, 5) is 24.2. The summed E-state index contributed by atoms with van der Waals surface area (Å²) in [5, 5.41) is 16.5. The molecule has 6 heteroatoms. The molecule has 26 heavy (non-hydrogen) atoms. The quantitative estimate of drug-likeness (QED) is 0.568. The van der Waals surface area contributed by atoms with Crippen LogP contribution in [0.25, 0.3) is 0 Å². The van der Waals surface area contributed by atoms with Gasteiger partial charge in [-0.15, -0.1) is 0 Å². The summed E-state index contributed by atoms with van der Waals surface area (Å²) in [5.74, 6) is -0.868. The highest BCUT2D eigenvalue weighted by molar-refractivity contribution is 6.06. The van der Waals surface area contributed by atoms with Gasteiger partial charge in [0.05, 0.1) is 12.0 Å². The molecule has 2 amide bonds. The van der Waals surface area contributed by atoms with E-state index in [4.69, 9.17) is 0 Å². The second-order valence-electron chi connectivity index (χ2n) is 6.30. The van der Waals surface area contributed by atoms with E-state index in [0.29, 0.717) is 5.71 Å². The highest BCUT2D eigenvalue weighted by atomic mass is 16.3. The fourth-order valence-electron chi connectivity index (χ4n) is 2.70. The minimum Gasteiger partial charge on any atom is -0.507 e. The summed E-state index contributed by atoms with van der Waals surface area (Å²) in [5.41, 5.74) is 6.86. The maximum atomic E-state index is 12.2. The van der Waals surface area contributed by atoms with Gasteiger partial charge in [0, 0.05) is 11.4 Å². The Labute approximate surface area is 152 Å². The lowest BCUT2D eigenvalue weighted by atomic mass is 10.0. The molecule has 0 aromatic heterocycles. The summed E-state index contributed by atoms with van der Waals surface area (Å²) in [6.07, 6.45) is 0.0494. The lowest BCUT2D eigenvalue weighted by Crippen LogP contribution is -2.22. The summed E-state index contributed by atoms with van der Waals surface area (Å²) < 4.78 is 0. The molecule has 0 bridgehead atoms. The topological polar surface area (TPSA) is 90.8 Å². The summed E-state index contributed by atoms with van der Waals surface area (Å²) in [7, 11) is 0. The predicted octanol–water partition coefficient (Wildman–Crippen LogP) is 3.45. The highest BCUT2D eigenvalue weighted by Gasteiger charge is 2.11. The molecule has 2 rings (SSSR count). The number of carbonyl (C=O) groups is 2. The van der Waals surface area contributed by atoms with Gasteiger partial charge in [0.1, 0.15) is 5.75 Å². The van der Waals surface area contributed by atoms with Crippen molar-refractivity contribution in [2.24, 2.45) is 5.10 Å². The molecule has 0 fully saturated rings. The van der Waals surface area contributed by atoms with E-state index < -0.39 is 5.91 Å². The number of benzene rings is 2. The van der Waals surface area contributed by atoms with Gasteiger partial charge in [0.15, 0.2) is 0 Å². The van der Waals surface area contributed by atoms with Crippen LogP contribution >= 0.6 is 0 Å². The van der Waals surface area contributed by atoms with E-state index >= 15 is 0 Å². The summed E-state index contributed by atoms with van der Waals surface area (Å²) >= 11 is 0. The van der Waals surface area contributed by atoms with Crippen LogP contribution < -0.4 is 10.7 Å². The molecule has 0 atom stereocenters. The first kappa shape index (κ1) is 19.2. The van der Waals surface area contributed by atoms with Crippen LogP contribution in [-0.2, 0) is 4.79 Å². The fourth-order valence-corrected chi connectivity index (χ4v) is 2.70. The van der Waals surface area contributed by atoms with E-state index in [2.05, 4.69) is 15.8 Å². The van der Waals surface area contributed by atoms with E-state index in [1.807, 2.05) is 32.9 Å². The highest BCUT2D eigenvalue weighted by Crippen LogP contribution is 2.22. The first-order valence-corrected chi connectivity index (χ1v) is 8.27. The second kappa shape index (κ2) is 8.29. The van der Waals surface area contributed by atoms with Crippen molar-refractivity contribution in [2.75, 3.05) is 5.32 Å². The van der Waals surface area contributed by atoms with Crippen LogP contribution in [0.4, 0.5) is 5.69 Å². The van der Waals surface area contributed by atoms with Crippen LogP contribution in [0, 0.1) is 20.8 Å². The smallest absolute Gasteiger partial charge is 0.275 e. The van der Waals surface area contributed by atoms with E-state index in [-0.39, 0.29) is 23.6 Å². The Hall–Kier alpha value is -3.15. The van der Waals surface area contributed by atoms with Gasteiger partial charge in [-0.05, 0) is 51.0 Å². The van der Waals surface area contributed by atoms with Gasteiger partial charge in [0.2, 0.25) is 5.91 Å². The maximum absolute atomic E-state index is 12.2. The first-order valence-electron chi connectivity index (χ1n) is 8.27. The number of aromatic hydroxyl groups is 1. The van der Waals surface area contributed by atoms with Gasteiger partial charge in [0.25, 0.3) is 5.91 Å². The number of carbonyl (C=O) groups excluding carboxylic acids is 2. The van der Waals surface area contributed by atoms with Crippen molar-refractivity contribution in [1.82, 2.24) is 5.43 Å². The first-order chi connectivity index (χ1) is 12.3. The Balaban J connectivity index is 1.98. The number of nitrogens with one attached hydrogen (secondary N) is 2. The number of hydrogen-bond donors (Lipinski definition) is 3. The Morgan fingerprint density at radius 1 is 1.08 bits per heavy atom. The monoisotopic (exact) mass is 353 g/mol. The lowest BCUT2D eigenvalue weighted by molar-refractivity contribution is -0.115. The summed E-state index contributed by atoms with van der Waals surface area (Å²) in [6, 6.07) is 10.2. The summed E-state index contributed by atoms with van der Waals surface area (Å²) in [6.45, 7) is 7.56.